The highest BCUT2D eigenvalue weighted by molar-refractivity contribution is 5.93. The van der Waals surface area contributed by atoms with Crippen LogP contribution >= 0.6 is 0 Å². The fourth-order valence-electron chi connectivity index (χ4n) is 1.09. The lowest BCUT2D eigenvalue weighted by Crippen LogP contribution is -2.04. The van der Waals surface area contributed by atoms with Crippen LogP contribution in [0.3, 0.4) is 0 Å². The molecule has 1 aromatic rings. The number of aryl methyl sites for hydroxylation is 1. The molecule has 0 fully saturated rings. The first-order valence-corrected chi connectivity index (χ1v) is 3.92. The largest absolute Gasteiger partial charge is 0.506 e. The lowest BCUT2D eigenvalue weighted by Gasteiger charge is -2.05. The summed E-state index contributed by atoms with van der Waals surface area (Å²) in [6.07, 6.45) is 0. The molecule has 0 aliphatic carbocycles. The van der Waals surface area contributed by atoms with E-state index in [1.54, 1.807) is 19.1 Å². The maximum absolute atomic E-state index is 11.2. The second-order valence-corrected chi connectivity index (χ2v) is 2.76. The summed E-state index contributed by atoms with van der Waals surface area (Å²) in [5, 5.41) is 18.2. The molecule has 0 saturated heterocycles. The van der Waals surface area contributed by atoms with Crippen molar-refractivity contribution < 1.29 is 14.6 Å². The van der Waals surface area contributed by atoms with Crippen molar-refractivity contribution in [1.29, 1.82) is 5.26 Å². The third-order valence-electron chi connectivity index (χ3n) is 1.90. The van der Waals surface area contributed by atoms with Gasteiger partial charge in [0.15, 0.2) is 0 Å². The molecule has 4 nitrogen and oxygen atoms in total. The molecule has 0 spiro atoms. The zero-order valence-electron chi connectivity index (χ0n) is 7.87. The van der Waals surface area contributed by atoms with E-state index in [0.717, 1.165) is 0 Å². The van der Waals surface area contributed by atoms with Crippen LogP contribution in [0, 0.1) is 18.3 Å². The minimum absolute atomic E-state index is 0.0446. The summed E-state index contributed by atoms with van der Waals surface area (Å²) in [6, 6.07) is 4.78. The van der Waals surface area contributed by atoms with Crippen molar-refractivity contribution in [2.75, 3.05) is 7.11 Å². The molecule has 1 aromatic carbocycles. The lowest BCUT2D eigenvalue weighted by molar-refractivity contribution is 0.0600. The van der Waals surface area contributed by atoms with E-state index >= 15 is 0 Å². The Labute approximate surface area is 81.4 Å². The van der Waals surface area contributed by atoms with Gasteiger partial charge in [0, 0.05) is 0 Å². The number of ether oxygens (including phenoxy) is 1. The molecule has 0 aromatic heterocycles. The molecule has 72 valence electrons. The van der Waals surface area contributed by atoms with Gasteiger partial charge in [0.25, 0.3) is 0 Å². The summed E-state index contributed by atoms with van der Waals surface area (Å²) in [5.41, 5.74) is 0.587. The summed E-state index contributed by atoms with van der Waals surface area (Å²) >= 11 is 0. The molecule has 0 amide bonds. The van der Waals surface area contributed by atoms with E-state index in [1.807, 2.05) is 0 Å². The number of nitrogens with zero attached hydrogens (tertiary/aromatic N) is 1. The van der Waals surface area contributed by atoms with Gasteiger partial charge in [-0.2, -0.15) is 5.26 Å². The number of esters is 1. The minimum Gasteiger partial charge on any atom is -0.506 e. The Hall–Kier alpha value is -2.02. The SMILES string of the molecule is COC(=O)c1ccc(C)c(O)c1C#N. The van der Waals surface area contributed by atoms with E-state index < -0.39 is 5.97 Å². The van der Waals surface area contributed by atoms with Crippen molar-refractivity contribution in [2.24, 2.45) is 0 Å². The third-order valence-corrected chi connectivity index (χ3v) is 1.90. The first kappa shape index (κ1) is 10.1. The Kier molecular flexibility index (Phi) is 2.73. The number of carbonyl (C=O) groups excluding carboxylic acids is 1. The van der Waals surface area contributed by atoms with Gasteiger partial charge in [-0.3, -0.25) is 0 Å². The minimum atomic E-state index is -0.628. The van der Waals surface area contributed by atoms with Crippen LogP contribution in [-0.2, 0) is 4.74 Å². The molecule has 0 aliphatic heterocycles. The fraction of sp³-hybridized carbons (Fsp3) is 0.200. The summed E-state index contributed by atoms with van der Waals surface area (Å²) in [4.78, 5) is 11.2. The molecule has 0 heterocycles. The maximum atomic E-state index is 11.2. The van der Waals surface area contributed by atoms with Crippen molar-refractivity contribution in [3.8, 4) is 11.8 Å². The number of hydrogen-bond acceptors (Lipinski definition) is 4. The number of aromatic hydroxyl groups is 1. The number of phenolic OH excluding ortho intramolecular Hbond substituents is 1. The Morgan fingerprint density at radius 1 is 1.57 bits per heavy atom. The number of carbonyl (C=O) groups is 1. The second kappa shape index (κ2) is 3.79. The van der Waals surface area contributed by atoms with Crippen LogP contribution in [0.4, 0.5) is 0 Å². The van der Waals surface area contributed by atoms with Gasteiger partial charge in [-0.15, -0.1) is 0 Å². The average molecular weight is 191 g/mol. The lowest BCUT2D eigenvalue weighted by atomic mass is 10.0. The second-order valence-electron chi connectivity index (χ2n) is 2.76. The summed E-state index contributed by atoms with van der Waals surface area (Å²) in [7, 11) is 1.22. The van der Waals surface area contributed by atoms with Gasteiger partial charge >= 0.3 is 5.97 Å². The highest BCUT2D eigenvalue weighted by atomic mass is 16.5. The van der Waals surface area contributed by atoms with Gasteiger partial charge in [-0.1, -0.05) is 6.07 Å². The van der Waals surface area contributed by atoms with Crippen molar-refractivity contribution in [3.63, 3.8) is 0 Å². The van der Waals surface area contributed by atoms with Gasteiger partial charge in [0.2, 0.25) is 0 Å². The number of methoxy groups -OCH3 is 1. The molecule has 0 radical (unpaired) electrons. The van der Waals surface area contributed by atoms with Crippen molar-refractivity contribution in [2.45, 2.75) is 6.92 Å². The third kappa shape index (κ3) is 1.52. The molecule has 0 saturated carbocycles. The topological polar surface area (TPSA) is 70.3 Å². The Bertz CT molecular complexity index is 418. The van der Waals surface area contributed by atoms with Crippen LogP contribution in [0.5, 0.6) is 5.75 Å². The van der Waals surface area contributed by atoms with Gasteiger partial charge in [0.05, 0.1) is 12.7 Å². The molecular weight excluding hydrogens is 182 g/mol. The fourth-order valence-corrected chi connectivity index (χ4v) is 1.09. The van der Waals surface area contributed by atoms with E-state index in [2.05, 4.69) is 4.74 Å². The van der Waals surface area contributed by atoms with Crippen LogP contribution in [0.15, 0.2) is 12.1 Å². The van der Waals surface area contributed by atoms with Crippen molar-refractivity contribution in [3.05, 3.63) is 28.8 Å². The predicted molar refractivity (Wildman–Crippen MR) is 48.9 cm³/mol. The Balaban J connectivity index is 3.40. The van der Waals surface area contributed by atoms with E-state index in [-0.39, 0.29) is 16.9 Å². The molecule has 0 atom stereocenters. The maximum Gasteiger partial charge on any atom is 0.339 e. The van der Waals surface area contributed by atoms with Crippen LogP contribution in [-0.4, -0.2) is 18.2 Å². The highest BCUT2D eigenvalue weighted by Gasteiger charge is 2.16. The number of hydrogen-bond donors (Lipinski definition) is 1. The van der Waals surface area contributed by atoms with Crippen LogP contribution in [0.1, 0.15) is 21.5 Å². The monoisotopic (exact) mass is 191 g/mol. The van der Waals surface area contributed by atoms with Gasteiger partial charge in [0.1, 0.15) is 17.4 Å². The van der Waals surface area contributed by atoms with Gasteiger partial charge in [-0.05, 0) is 18.6 Å². The normalized spacial score (nSPS) is 9.21. The van der Waals surface area contributed by atoms with Crippen molar-refractivity contribution in [1.82, 2.24) is 0 Å². The van der Waals surface area contributed by atoms with E-state index in [9.17, 15) is 9.90 Å². The van der Waals surface area contributed by atoms with Crippen LogP contribution in [0.25, 0.3) is 0 Å². The average Bonchev–Trinajstić information content (AvgIpc) is 2.20. The van der Waals surface area contributed by atoms with Crippen LogP contribution in [0.2, 0.25) is 0 Å². The number of nitriles is 1. The number of rotatable bonds is 1. The van der Waals surface area contributed by atoms with Crippen LogP contribution < -0.4 is 0 Å². The van der Waals surface area contributed by atoms with E-state index in [1.165, 1.54) is 13.2 Å². The molecular formula is C10H9NO3. The number of benzene rings is 1. The Morgan fingerprint density at radius 3 is 2.71 bits per heavy atom. The molecule has 1 N–H and O–H groups in total. The standard InChI is InChI=1S/C10H9NO3/c1-6-3-4-7(10(13)14-2)8(5-11)9(6)12/h3-4,12H,1-2H3. The smallest absolute Gasteiger partial charge is 0.339 e. The zero-order chi connectivity index (χ0) is 10.7. The summed E-state index contributed by atoms with van der Waals surface area (Å²) in [5.74, 6) is -0.799. The molecule has 0 unspecified atom stereocenters. The number of phenols is 1. The molecule has 14 heavy (non-hydrogen) atoms. The summed E-state index contributed by atoms with van der Waals surface area (Å²) in [6.45, 7) is 1.65. The van der Waals surface area contributed by atoms with Gasteiger partial charge < -0.3 is 9.84 Å². The highest BCUT2D eigenvalue weighted by Crippen LogP contribution is 2.24. The van der Waals surface area contributed by atoms with Gasteiger partial charge in [-0.25, -0.2) is 4.79 Å². The summed E-state index contributed by atoms with van der Waals surface area (Å²) < 4.78 is 4.47. The molecule has 0 aliphatic rings. The zero-order valence-corrected chi connectivity index (χ0v) is 7.87. The first-order chi connectivity index (χ1) is 6.61. The van der Waals surface area contributed by atoms with Crippen molar-refractivity contribution >= 4 is 5.97 Å². The molecule has 1 rings (SSSR count). The molecule has 4 heteroatoms. The first-order valence-electron chi connectivity index (χ1n) is 3.92. The quantitative estimate of drug-likeness (QED) is 0.680. The van der Waals surface area contributed by atoms with E-state index in [4.69, 9.17) is 5.26 Å². The Morgan fingerprint density at radius 2 is 2.21 bits per heavy atom. The molecule has 0 bridgehead atoms. The predicted octanol–water partition coefficient (Wildman–Crippen LogP) is 1.36. The van der Waals surface area contributed by atoms with E-state index in [0.29, 0.717) is 5.56 Å².